The standard InChI is InChI=1S/C17H16N2O3/c1-19-17(21)13-8-11(16(18)20)7-12-14(9-22-15(12)13)10-5-3-2-4-6-10/h2-8,14H,9H2,1H3,(H2,18,20)(H,19,21). The number of carbonyl (C=O) groups excluding carboxylic acids is 2. The lowest BCUT2D eigenvalue weighted by molar-refractivity contribution is 0.0960. The highest BCUT2D eigenvalue weighted by molar-refractivity contribution is 6.02. The van der Waals surface area contributed by atoms with Gasteiger partial charge in [-0.05, 0) is 17.7 Å². The van der Waals surface area contributed by atoms with Crippen molar-refractivity contribution in [2.75, 3.05) is 13.7 Å². The molecular weight excluding hydrogens is 280 g/mol. The van der Waals surface area contributed by atoms with Crippen LogP contribution in [-0.4, -0.2) is 25.5 Å². The summed E-state index contributed by atoms with van der Waals surface area (Å²) in [5.41, 5.74) is 7.94. The molecule has 1 aliphatic rings. The van der Waals surface area contributed by atoms with Crippen LogP contribution in [0.4, 0.5) is 0 Å². The Labute approximate surface area is 128 Å². The molecule has 0 fully saturated rings. The molecule has 0 aliphatic carbocycles. The lowest BCUT2D eigenvalue weighted by Crippen LogP contribution is -2.20. The SMILES string of the molecule is CNC(=O)c1cc(C(N)=O)cc2c1OCC2c1ccccc1. The lowest BCUT2D eigenvalue weighted by Gasteiger charge is -2.11. The highest BCUT2D eigenvalue weighted by atomic mass is 16.5. The highest BCUT2D eigenvalue weighted by Crippen LogP contribution is 2.41. The maximum atomic E-state index is 12.0. The first-order valence-corrected chi connectivity index (χ1v) is 6.99. The van der Waals surface area contributed by atoms with E-state index in [1.165, 1.54) is 13.1 Å². The summed E-state index contributed by atoms with van der Waals surface area (Å²) in [7, 11) is 1.54. The number of amides is 2. The van der Waals surface area contributed by atoms with Gasteiger partial charge in [0.1, 0.15) is 5.75 Å². The average Bonchev–Trinajstić information content (AvgIpc) is 2.97. The normalized spacial score (nSPS) is 15.8. The molecule has 112 valence electrons. The Morgan fingerprint density at radius 3 is 2.59 bits per heavy atom. The van der Waals surface area contributed by atoms with Gasteiger partial charge in [-0.1, -0.05) is 30.3 Å². The first-order valence-electron chi connectivity index (χ1n) is 6.99. The van der Waals surface area contributed by atoms with Crippen molar-refractivity contribution >= 4 is 11.8 Å². The molecule has 3 rings (SSSR count). The zero-order valence-corrected chi connectivity index (χ0v) is 12.1. The summed E-state index contributed by atoms with van der Waals surface area (Å²) in [5, 5.41) is 2.56. The fourth-order valence-corrected chi connectivity index (χ4v) is 2.73. The van der Waals surface area contributed by atoms with Crippen molar-refractivity contribution in [3.63, 3.8) is 0 Å². The molecule has 1 atom stereocenters. The molecule has 0 radical (unpaired) electrons. The van der Waals surface area contributed by atoms with Crippen LogP contribution in [0.1, 0.15) is 37.8 Å². The number of nitrogens with one attached hydrogen (secondary N) is 1. The van der Waals surface area contributed by atoms with E-state index in [4.69, 9.17) is 10.5 Å². The Bertz CT molecular complexity index is 741. The zero-order valence-electron chi connectivity index (χ0n) is 12.1. The van der Waals surface area contributed by atoms with E-state index in [1.807, 2.05) is 30.3 Å². The monoisotopic (exact) mass is 296 g/mol. The summed E-state index contributed by atoms with van der Waals surface area (Å²) in [6.45, 7) is 0.436. The Morgan fingerprint density at radius 2 is 1.95 bits per heavy atom. The predicted molar refractivity (Wildman–Crippen MR) is 82.1 cm³/mol. The van der Waals surface area contributed by atoms with Crippen LogP contribution in [0.3, 0.4) is 0 Å². The van der Waals surface area contributed by atoms with Crippen LogP contribution in [-0.2, 0) is 0 Å². The second-order valence-electron chi connectivity index (χ2n) is 5.16. The van der Waals surface area contributed by atoms with Crippen molar-refractivity contribution in [2.45, 2.75) is 5.92 Å². The maximum absolute atomic E-state index is 12.0. The fourth-order valence-electron chi connectivity index (χ4n) is 2.73. The largest absolute Gasteiger partial charge is 0.491 e. The molecule has 1 heterocycles. The smallest absolute Gasteiger partial charge is 0.254 e. The topological polar surface area (TPSA) is 81.4 Å². The van der Waals surface area contributed by atoms with Gasteiger partial charge in [-0.15, -0.1) is 0 Å². The summed E-state index contributed by atoms with van der Waals surface area (Å²) in [4.78, 5) is 23.6. The van der Waals surface area contributed by atoms with E-state index in [0.29, 0.717) is 23.5 Å². The molecule has 2 aromatic rings. The van der Waals surface area contributed by atoms with Gasteiger partial charge in [-0.3, -0.25) is 9.59 Å². The van der Waals surface area contributed by atoms with E-state index < -0.39 is 5.91 Å². The maximum Gasteiger partial charge on any atom is 0.254 e. The number of benzene rings is 2. The van der Waals surface area contributed by atoms with Crippen molar-refractivity contribution in [3.05, 3.63) is 64.7 Å². The van der Waals surface area contributed by atoms with Gasteiger partial charge >= 0.3 is 0 Å². The molecule has 1 unspecified atom stereocenters. The van der Waals surface area contributed by atoms with E-state index in [2.05, 4.69) is 5.32 Å². The molecule has 5 nitrogen and oxygen atoms in total. The van der Waals surface area contributed by atoms with Gasteiger partial charge in [0.25, 0.3) is 5.91 Å². The van der Waals surface area contributed by atoms with E-state index >= 15 is 0 Å². The molecule has 2 aromatic carbocycles. The summed E-state index contributed by atoms with van der Waals surface area (Å²) in [6.07, 6.45) is 0. The van der Waals surface area contributed by atoms with Crippen molar-refractivity contribution in [1.29, 1.82) is 0 Å². The Morgan fingerprint density at radius 1 is 1.23 bits per heavy atom. The van der Waals surface area contributed by atoms with Gasteiger partial charge in [0.15, 0.2) is 0 Å². The minimum atomic E-state index is -0.563. The third-order valence-corrected chi connectivity index (χ3v) is 3.85. The van der Waals surface area contributed by atoms with Gasteiger partial charge in [0.05, 0.1) is 12.2 Å². The van der Waals surface area contributed by atoms with E-state index in [9.17, 15) is 9.59 Å². The molecule has 3 N–H and O–H groups in total. The summed E-state index contributed by atoms with van der Waals surface area (Å²) in [6, 6.07) is 13.0. The van der Waals surface area contributed by atoms with Crippen LogP contribution in [0, 0.1) is 0 Å². The lowest BCUT2D eigenvalue weighted by atomic mass is 9.90. The van der Waals surface area contributed by atoms with E-state index in [-0.39, 0.29) is 11.8 Å². The number of carbonyl (C=O) groups is 2. The first kappa shape index (κ1) is 14.1. The van der Waals surface area contributed by atoms with Gasteiger partial charge in [-0.25, -0.2) is 0 Å². The Hall–Kier alpha value is -2.82. The molecule has 0 saturated heterocycles. The highest BCUT2D eigenvalue weighted by Gasteiger charge is 2.31. The van der Waals surface area contributed by atoms with Crippen LogP contribution < -0.4 is 15.8 Å². The minimum Gasteiger partial charge on any atom is -0.491 e. The first-order chi connectivity index (χ1) is 10.6. The van der Waals surface area contributed by atoms with Crippen molar-refractivity contribution < 1.29 is 14.3 Å². The molecule has 0 aromatic heterocycles. The van der Waals surface area contributed by atoms with Crippen LogP contribution in [0.2, 0.25) is 0 Å². The van der Waals surface area contributed by atoms with Crippen molar-refractivity contribution in [1.82, 2.24) is 5.32 Å². The molecule has 1 aliphatic heterocycles. The molecule has 0 spiro atoms. The van der Waals surface area contributed by atoms with Crippen molar-refractivity contribution in [2.24, 2.45) is 5.73 Å². The molecular formula is C17H16N2O3. The second-order valence-corrected chi connectivity index (χ2v) is 5.16. The van der Waals surface area contributed by atoms with Crippen molar-refractivity contribution in [3.8, 4) is 5.75 Å². The van der Waals surface area contributed by atoms with Gasteiger partial charge < -0.3 is 15.8 Å². The van der Waals surface area contributed by atoms with Gasteiger partial charge in [-0.2, -0.15) is 0 Å². The number of ether oxygens (including phenoxy) is 1. The number of hydrogen-bond acceptors (Lipinski definition) is 3. The number of fused-ring (bicyclic) bond motifs is 1. The average molecular weight is 296 g/mol. The van der Waals surface area contributed by atoms with Crippen LogP contribution in [0.25, 0.3) is 0 Å². The Kier molecular flexibility index (Phi) is 3.55. The fraction of sp³-hybridized carbons (Fsp3) is 0.176. The van der Waals surface area contributed by atoms with Gasteiger partial charge in [0.2, 0.25) is 5.91 Å². The van der Waals surface area contributed by atoms with Gasteiger partial charge in [0, 0.05) is 24.1 Å². The van der Waals surface area contributed by atoms with E-state index in [1.54, 1.807) is 6.07 Å². The second kappa shape index (κ2) is 5.52. The summed E-state index contributed by atoms with van der Waals surface area (Å²) in [5.74, 6) is -0.350. The van der Waals surface area contributed by atoms with Crippen LogP contribution >= 0.6 is 0 Å². The molecule has 22 heavy (non-hydrogen) atoms. The quantitative estimate of drug-likeness (QED) is 0.904. The molecule has 2 amide bonds. The Balaban J connectivity index is 2.16. The zero-order chi connectivity index (χ0) is 15.7. The molecule has 5 heteroatoms. The van der Waals surface area contributed by atoms with Crippen LogP contribution in [0.15, 0.2) is 42.5 Å². The third kappa shape index (κ3) is 2.30. The summed E-state index contributed by atoms with van der Waals surface area (Å²) >= 11 is 0. The number of hydrogen-bond donors (Lipinski definition) is 2. The van der Waals surface area contributed by atoms with Crippen LogP contribution in [0.5, 0.6) is 5.75 Å². The van der Waals surface area contributed by atoms with E-state index in [0.717, 1.165) is 11.1 Å². The number of primary amides is 1. The third-order valence-electron chi connectivity index (χ3n) is 3.85. The molecule has 0 bridgehead atoms. The summed E-state index contributed by atoms with van der Waals surface area (Å²) < 4.78 is 5.74. The number of nitrogens with two attached hydrogens (primary N) is 1. The molecule has 0 saturated carbocycles. The number of rotatable bonds is 3. The minimum absolute atomic E-state index is 0.0149. The predicted octanol–water partition coefficient (Wildman–Crippen LogP) is 1.67.